The van der Waals surface area contributed by atoms with Gasteiger partial charge in [-0.05, 0) is 44.4 Å². The fourth-order valence-electron chi connectivity index (χ4n) is 3.89. The Morgan fingerprint density at radius 3 is 2.52 bits per heavy atom. The molecule has 2 heterocycles. The zero-order valence-electron chi connectivity index (χ0n) is 13.5. The van der Waals surface area contributed by atoms with E-state index in [1.165, 1.54) is 38.5 Å². The normalized spacial score (nSPS) is 21.0. The van der Waals surface area contributed by atoms with Crippen LogP contribution < -0.4 is 10.2 Å². The molecule has 0 radical (unpaired) electrons. The van der Waals surface area contributed by atoms with Crippen LogP contribution in [0.4, 0.5) is 11.6 Å². The van der Waals surface area contributed by atoms with Crippen LogP contribution in [0.25, 0.3) is 0 Å². The molecular formula is C17H28N4. The summed E-state index contributed by atoms with van der Waals surface area (Å²) < 4.78 is 0. The van der Waals surface area contributed by atoms with Crippen molar-refractivity contribution in [2.24, 2.45) is 5.41 Å². The Kier molecular flexibility index (Phi) is 4.32. The first kappa shape index (κ1) is 14.6. The SMILES string of the molecule is CCCNc1cc(N2CCC3(CCCC3)CC2)nc(C)n1. The van der Waals surface area contributed by atoms with E-state index in [1.807, 2.05) is 6.92 Å². The van der Waals surface area contributed by atoms with E-state index >= 15 is 0 Å². The van der Waals surface area contributed by atoms with Crippen molar-refractivity contribution in [1.29, 1.82) is 0 Å². The van der Waals surface area contributed by atoms with Gasteiger partial charge in [-0.2, -0.15) is 0 Å². The van der Waals surface area contributed by atoms with Gasteiger partial charge in [0.2, 0.25) is 0 Å². The van der Waals surface area contributed by atoms with Gasteiger partial charge in [0.15, 0.2) is 0 Å². The van der Waals surface area contributed by atoms with Crippen LogP contribution in [-0.4, -0.2) is 29.6 Å². The fourth-order valence-corrected chi connectivity index (χ4v) is 3.89. The first-order valence-electron chi connectivity index (χ1n) is 8.55. The van der Waals surface area contributed by atoms with E-state index in [4.69, 9.17) is 0 Å². The molecule has 1 saturated heterocycles. The number of anilines is 2. The minimum Gasteiger partial charge on any atom is -0.370 e. The van der Waals surface area contributed by atoms with Crippen LogP contribution in [0, 0.1) is 12.3 Å². The number of aromatic nitrogens is 2. The van der Waals surface area contributed by atoms with Crippen LogP contribution in [0.5, 0.6) is 0 Å². The minimum absolute atomic E-state index is 0.669. The van der Waals surface area contributed by atoms with Crippen molar-refractivity contribution in [1.82, 2.24) is 9.97 Å². The molecule has 1 saturated carbocycles. The number of rotatable bonds is 4. The first-order chi connectivity index (χ1) is 10.2. The fraction of sp³-hybridized carbons (Fsp3) is 0.765. The Hall–Kier alpha value is -1.32. The van der Waals surface area contributed by atoms with Gasteiger partial charge in [0.25, 0.3) is 0 Å². The maximum Gasteiger partial charge on any atom is 0.134 e. The van der Waals surface area contributed by atoms with E-state index in [0.717, 1.165) is 43.5 Å². The van der Waals surface area contributed by atoms with Gasteiger partial charge in [0.05, 0.1) is 0 Å². The average molecular weight is 288 g/mol. The highest BCUT2D eigenvalue weighted by atomic mass is 15.2. The van der Waals surface area contributed by atoms with Gasteiger partial charge in [-0.15, -0.1) is 0 Å². The van der Waals surface area contributed by atoms with E-state index in [9.17, 15) is 0 Å². The molecule has 116 valence electrons. The number of nitrogens with one attached hydrogen (secondary N) is 1. The second-order valence-corrected chi connectivity index (χ2v) is 6.78. The van der Waals surface area contributed by atoms with E-state index in [1.54, 1.807) is 0 Å². The second kappa shape index (κ2) is 6.20. The molecule has 0 bridgehead atoms. The van der Waals surface area contributed by atoms with Crippen LogP contribution in [0.1, 0.15) is 57.7 Å². The van der Waals surface area contributed by atoms with Crippen molar-refractivity contribution in [3.63, 3.8) is 0 Å². The lowest BCUT2D eigenvalue weighted by Gasteiger charge is -2.40. The molecule has 0 atom stereocenters. The molecule has 4 nitrogen and oxygen atoms in total. The summed E-state index contributed by atoms with van der Waals surface area (Å²) in [6.07, 6.45) is 9.58. The molecule has 21 heavy (non-hydrogen) atoms. The third kappa shape index (κ3) is 3.30. The van der Waals surface area contributed by atoms with Gasteiger partial charge in [0, 0.05) is 25.7 Å². The zero-order chi connectivity index (χ0) is 14.7. The van der Waals surface area contributed by atoms with Gasteiger partial charge in [-0.25, -0.2) is 9.97 Å². The third-order valence-electron chi connectivity index (χ3n) is 5.19. The molecule has 1 aromatic rings. The molecule has 0 amide bonds. The molecule has 1 aliphatic carbocycles. The van der Waals surface area contributed by atoms with Crippen LogP contribution >= 0.6 is 0 Å². The van der Waals surface area contributed by atoms with Gasteiger partial charge >= 0.3 is 0 Å². The largest absolute Gasteiger partial charge is 0.370 e. The van der Waals surface area contributed by atoms with Crippen LogP contribution in [0.15, 0.2) is 6.07 Å². The summed E-state index contributed by atoms with van der Waals surface area (Å²) in [7, 11) is 0. The predicted octanol–water partition coefficient (Wildman–Crippen LogP) is 3.77. The van der Waals surface area contributed by atoms with E-state index < -0.39 is 0 Å². The van der Waals surface area contributed by atoms with Crippen molar-refractivity contribution in [3.05, 3.63) is 11.9 Å². The van der Waals surface area contributed by atoms with Crippen LogP contribution in [0.3, 0.4) is 0 Å². The summed E-state index contributed by atoms with van der Waals surface area (Å²) in [4.78, 5) is 11.6. The Morgan fingerprint density at radius 1 is 1.14 bits per heavy atom. The number of hydrogen-bond donors (Lipinski definition) is 1. The number of hydrogen-bond acceptors (Lipinski definition) is 4. The molecule has 1 aromatic heterocycles. The smallest absolute Gasteiger partial charge is 0.134 e. The van der Waals surface area contributed by atoms with Gasteiger partial charge in [0.1, 0.15) is 17.5 Å². The summed E-state index contributed by atoms with van der Waals surface area (Å²) in [5.74, 6) is 2.95. The van der Waals surface area contributed by atoms with Crippen LogP contribution in [-0.2, 0) is 0 Å². The Balaban J connectivity index is 1.68. The highest BCUT2D eigenvalue weighted by molar-refractivity contribution is 5.49. The molecule has 0 aromatic carbocycles. The topological polar surface area (TPSA) is 41.0 Å². The van der Waals surface area contributed by atoms with Gasteiger partial charge < -0.3 is 10.2 Å². The molecule has 2 aliphatic rings. The Bertz CT molecular complexity index is 470. The van der Waals surface area contributed by atoms with Gasteiger partial charge in [-0.1, -0.05) is 19.8 Å². The molecule has 4 heteroatoms. The van der Waals surface area contributed by atoms with E-state index in [-0.39, 0.29) is 0 Å². The summed E-state index contributed by atoms with van der Waals surface area (Å²) >= 11 is 0. The second-order valence-electron chi connectivity index (χ2n) is 6.78. The number of aryl methyl sites for hydroxylation is 1. The quantitative estimate of drug-likeness (QED) is 0.915. The van der Waals surface area contributed by atoms with Crippen molar-refractivity contribution < 1.29 is 0 Å². The zero-order valence-corrected chi connectivity index (χ0v) is 13.5. The number of piperidine rings is 1. The van der Waals surface area contributed by atoms with Crippen molar-refractivity contribution >= 4 is 11.6 Å². The van der Waals surface area contributed by atoms with Gasteiger partial charge in [-0.3, -0.25) is 0 Å². The van der Waals surface area contributed by atoms with E-state index in [0.29, 0.717) is 5.41 Å². The monoisotopic (exact) mass is 288 g/mol. The summed E-state index contributed by atoms with van der Waals surface area (Å²) in [6.45, 7) is 7.45. The molecule has 0 unspecified atom stereocenters. The number of nitrogens with zero attached hydrogens (tertiary/aromatic N) is 3. The highest BCUT2D eigenvalue weighted by Crippen LogP contribution is 2.46. The minimum atomic E-state index is 0.669. The summed E-state index contributed by atoms with van der Waals surface area (Å²) in [5.41, 5.74) is 0.669. The third-order valence-corrected chi connectivity index (χ3v) is 5.19. The molecule has 1 spiro atoms. The summed E-state index contributed by atoms with van der Waals surface area (Å²) in [6, 6.07) is 2.12. The maximum absolute atomic E-state index is 4.66. The molecule has 2 fully saturated rings. The van der Waals surface area contributed by atoms with E-state index in [2.05, 4.69) is 33.2 Å². The lowest BCUT2D eigenvalue weighted by molar-refractivity contribution is 0.226. The van der Waals surface area contributed by atoms with Crippen LogP contribution in [0.2, 0.25) is 0 Å². The van der Waals surface area contributed by atoms with Crippen molar-refractivity contribution in [2.75, 3.05) is 29.9 Å². The average Bonchev–Trinajstić information content (AvgIpc) is 2.93. The lowest BCUT2D eigenvalue weighted by atomic mass is 9.77. The Morgan fingerprint density at radius 2 is 1.86 bits per heavy atom. The molecule has 1 N–H and O–H groups in total. The molecule has 3 rings (SSSR count). The Labute approximate surface area is 128 Å². The van der Waals surface area contributed by atoms with Crippen molar-refractivity contribution in [2.45, 2.75) is 58.8 Å². The predicted molar refractivity (Wildman–Crippen MR) is 87.9 cm³/mol. The van der Waals surface area contributed by atoms with Crippen molar-refractivity contribution in [3.8, 4) is 0 Å². The molecular weight excluding hydrogens is 260 g/mol. The maximum atomic E-state index is 4.66. The first-order valence-corrected chi connectivity index (χ1v) is 8.55. The summed E-state index contributed by atoms with van der Waals surface area (Å²) in [5, 5.41) is 3.39. The lowest BCUT2D eigenvalue weighted by Crippen LogP contribution is -2.39. The standard InChI is InChI=1S/C17H28N4/c1-3-10-18-15-13-16(20-14(2)19-15)21-11-8-17(9-12-21)6-4-5-7-17/h13H,3-12H2,1-2H3,(H,18,19,20). The molecule has 1 aliphatic heterocycles. The highest BCUT2D eigenvalue weighted by Gasteiger charge is 2.37.